The number of pyridine rings is 1. The fraction of sp³-hybridized carbons (Fsp3) is 0.500. The third-order valence-corrected chi connectivity index (χ3v) is 3.93. The molecule has 1 saturated carbocycles. The summed E-state index contributed by atoms with van der Waals surface area (Å²) in [6.07, 6.45) is 9.74. The molecule has 0 saturated heterocycles. The van der Waals surface area contributed by atoms with Gasteiger partial charge in [-0.25, -0.2) is 4.79 Å². The second kappa shape index (κ2) is 8.46. The van der Waals surface area contributed by atoms with E-state index in [-0.39, 0.29) is 18.5 Å². The van der Waals surface area contributed by atoms with Crippen molar-refractivity contribution in [1.29, 1.82) is 0 Å². The van der Waals surface area contributed by atoms with Gasteiger partial charge < -0.3 is 9.47 Å². The fourth-order valence-corrected chi connectivity index (χ4v) is 2.60. The molecule has 1 aliphatic carbocycles. The summed E-state index contributed by atoms with van der Waals surface area (Å²) in [5.41, 5.74) is 1.34. The Bertz CT molecular complexity index is 589. The van der Waals surface area contributed by atoms with Crippen molar-refractivity contribution in [3.05, 3.63) is 35.7 Å². The van der Waals surface area contributed by atoms with E-state index in [4.69, 9.17) is 9.47 Å². The van der Waals surface area contributed by atoms with Gasteiger partial charge in [0.25, 0.3) is 0 Å². The minimum Gasteiger partial charge on any atom is -0.458 e. The number of hydrogen-bond acceptors (Lipinski definition) is 5. The summed E-state index contributed by atoms with van der Waals surface area (Å²) in [7, 11) is 0. The molecule has 0 spiro atoms. The van der Waals surface area contributed by atoms with Crippen LogP contribution in [0.4, 0.5) is 0 Å². The Balaban J connectivity index is 1.99. The van der Waals surface area contributed by atoms with Crippen LogP contribution in [0.25, 0.3) is 0 Å². The minimum absolute atomic E-state index is 0.0145. The van der Waals surface area contributed by atoms with Crippen LogP contribution in [0, 0.1) is 12.8 Å². The molecule has 1 aliphatic rings. The highest BCUT2D eigenvalue weighted by atomic mass is 16.5. The lowest BCUT2D eigenvalue weighted by atomic mass is 9.89. The minimum atomic E-state index is -0.408. The Morgan fingerprint density at radius 2 is 2.04 bits per heavy atom. The van der Waals surface area contributed by atoms with Crippen molar-refractivity contribution in [2.45, 2.75) is 52.6 Å². The second-order valence-corrected chi connectivity index (χ2v) is 5.79. The molecule has 23 heavy (non-hydrogen) atoms. The highest BCUT2D eigenvalue weighted by Gasteiger charge is 2.23. The zero-order chi connectivity index (χ0) is 16.7. The lowest BCUT2D eigenvalue weighted by Crippen LogP contribution is -2.23. The van der Waals surface area contributed by atoms with E-state index in [2.05, 4.69) is 4.98 Å². The largest absolute Gasteiger partial charge is 0.458 e. The zero-order valence-corrected chi connectivity index (χ0v) is 13.7. The molecule has 0 bridgehead atoms. The first-order chi connectivity index (χ1) is 11.1. The van der Waals surface area contributed by atoms with Gasteiger partial charge in [-0.3, -0.25) is 9.78 Å². The van der Waals surface area contributed by atoms with Gasteiger partial charge in [0.05, 0.1) is 11.6 Å². The first-order valence-corrected chi connectivity index (χ1v) is 8.07. The second-order valence-electron chi connectivity index (χ2n) is 5.79. The number of aromatic nitrogens is 1. The van der Waals surface area contributed by atoms with Gasteiger partial charge in [0.15, 0.2) is 5.75 Å². The summed E-state index contributed by atoms with van der Waals surface area (Å²) in [6.45, 7) is 3.64. The van der Waals surface area contributed by atoms with Crippen LogP contribution in [0.3, 0.4) is 0 Å². The van der Waals surface area contributed by atoms with Crippen LogP contribution >= 0.6 is 0 Å². The average molecular weight is 317 g/mol. The van der Waals surface area contributed by atoms with Crippen molar-refractivity contribution < 1.29 is 19.1 Å². The number of esters is 2. The van der Waals surface area contributed by atoms with Gasteiger partial charge in [0, 0.05) is 17.8 Å². The number of rotatable bonds is 5. The molecule has 0 aliphatic heterocycles. The van der Waals surface area contributed by atoms with Crippen molar-refractivity contribution in [3.63, 3.8) is 0 Å². The Hall–Kier alpha value is -2.17. The summed E-state index contributed by atoms with van der Waals surface area (Å²) in [5, 5.41) is 0. The molecule has 1 aromatic heterocycles. The molecule has 1 fully saturated rings. The molecule has 1 heterocycles. The zero-order valence-electron chi connectivity index (χ0n) is 13.7. The third-order valence-electron chi connectivity index (χ3n) is 3.93. The van der Waals surface area contributed by atoms with Crippen LogP contribution in [-0.2, 0) is 20.9 Å². The summed E-state index contributed by atoms with van der Waals surface area (Å²) >= 11 is 0. The smallest absolute Gasteiger partial charge is 0.330 e. The standard InChI is InChI=1S/C18H23NO4/c1-3-7-17(20)22-12-14-10-16(13(2)19-11-14)23-18(21)15-8-5-4-6-9-15/h3,7,10-11,15H,4-6,8-9,12H2,1-2H3/b7-3+. The number of carbonyl (C=O) groups excluding carboxylic acids is 2. The molecule has 0 unspecified atom stereocenters. The summed E-state index contributed by atoms with van der Waals surface area (Å²) in [4.78, 5) is 27.8. The van der Waals surface area contributed by atoms with Gasteiger partial charge in [0.1, 0.15) is 6.61 Å². The number of ether oxygens (including phenoxy) is 2. The van der Waals surface area contributed by atoms with Gasteiger partial charge in [-0.15, -0.1) is 0 Å². The molecular weight excluding hydrogens is 294 g/mol. The average Bonchev–Trinajstić information content (AvgIpc) is 2.56. The normalized spacial score (nSPS) is 15.6. The molecule has 5 heteroatoms. The van der Waals surface area contributed by atoms with Crippen molar-refractivity contribution >= 4 is 11.9 Å². The van der Waals surface area contributed by atoms with Gasteiger partial charge >= 0.3 is 11.9 Å². The molecular formula is C18H23NO4. The Morgan fingerprint density at radius 1 is 1.30 bits per heavy atom. The van der Waals surface area contributed by atoms with Crippen LogP contribution in [0.15, 0.2) is 24.4 Å². The van der Waals surface area contributed by atoms with Gasteiger partial charge in [-0.1, -0.05) is 25.3 Å². The summed E-state index contributed by atoms with van der Waals surface area (Å²) in [6, 6.07) is 1.71. The number of hydrogen-bond donors (Lipinski definition) is 0. The van der Waals surface area contributed by atoms with E-state index in [1.54, 1.807) is 32.2 Å². The molecule has 0 atom stereocenters. The van der Waals surface area contributed by atoms with Crippen molar-refractivity contribution in [2.75, 3.05) is 0 Å². The monoisotopic (exact) mass is 317 g/mol. The lowest BCUT2D eigenvalue weighted by molar-refractivity contribution is -0.140. The maximum absolute atomic E-state index is 12.2. The molecule has 124 valence electrons. The van der Waals surface area contributed by atoms with Crippen molar-refractivity contribution in [2.24, 2.45) is 5.92 Å². The predicted octanol–water partition coefficient (Wildman–Crippen LogP) is 3.50. The molecule has 0 amide bonds. The first-order valence-electron chi connectivity index (χ1n) is 8.07. The lowest BCUT2D eigenvalue weighted by Gasteiger charge is -2.20. The van der Waals surface area contributed by atoms with E-state index >= 15 is 0 Å². The van der Waals surface area contributed by atoms with E-state index in [9.17, 15) is 9.59 Å². The maximum Gasteiger partial charge on any atom is 0.330 e. The van der Waals surface area contributed by atoms with Crippen LogP contribution in [-0.4, -0.2) is 16.9 Å². The molecule has 1 aromatic rings. The summed E-state index contributed by atoms with van der Waals surface area (Å²) < 4.78 is 10.6. The number of nitrogens with zero attached hydrogens (tertiary/aromatic N) is 1. The van der Waals surface area contributed by atoms with E-state index in [1.165, 1.54) is 12.5 Å². The van der Waals surface area contributed by atoms with Gasteiger partial charge in [-0.2, -0.15) is 0 Å². The fourth-order valence-electron chi connectivity index (χ4n) is 2.60. The number of allylic oxidation sites excluding steroid dienone is 1. The van der Waals surface area contributed by atoms with Crippen LogP contribution < -0.4 is 4.74 Å². The highest BCUT2D eigenvalue weighted by Crippen LogP contribution is 2.26. The van der Waals surface area contributed by atoms with Crippen molar-refractivity contribution in [3.8, 4) is 5.75 Å². The predicted molar refractivity (Wildman–Crippen MR) is 85.8 cm³/mol. The Kier molecular flexibility index (Phi) is 6.32. The number of carbonyl (C=O) groups is 2. The van der Waals surface area contributed by atoms with E-state index in [1.807, 2.05) is 0 Å². The molecule has 5 nitrogen and oxygen atoms in total. The first kappa shape index (κ1) is 17.2. The van der Waals surface area contributed by atoms with Gasteiger partial charge in [-0.05, 0) is 32.8 Å². The number of aryl methyl sites for hydroxylation is 1. The van der Waals surface area contributed by atoms with Gasteiger partial charge in [0.2, 0.25) is 0 Å². The maximum atomic E-state index is 12.2. The Labute approximate surface area is 136 Å². The van der Waals surface area contributed by atoms with E-state index in [0.717, 1.165) is 25.7 Å². The third kappa shape index (κ3) is 5.20. The van der Waals surface area contributed by atoms with Crippen LogP contribution in [0.5, 0.6) is 5.75 Å². The van der Waals surface area contributed by atoms with Crippen LogP contribution in [0.2, 0.25) is 0 Å². The molecule has 0 N–H and O–H groups in total. The van der Waals surface area contributed by atoms with E-state index in [0.29, 0.717) is 17.0 Å². The molecule has 2 rings (SSSR count). The van der Waals surface area contributed by atoms with E-state index < -0.39 is 5.97 Å². The summed E-state index contributed by atoms with van der Waals surface area (Å²) in [5.74, 6) is -0.161. The Morgan fingerprint density at radius 3 is 2.74 bits per heavy atom. The SMILES string of the molecule is C/C=C/C(=O)OCc1cnc(C)c(OC(=O)C2CCCCC2)c1. The quantitative estimate of drug-likeness (QED) is 0.614. The highest BCUT2D eigenvalue weighted by molar-refractivity contribution is 5.81. The molecule has 0 aromatic carbocycles. The topological polar surface area (TPSA) is 65.5 Å². The van der Waals surface area contributed by atoms with Crippen LogP contribution in [0.1, 0.15) is 50.3 Å². The molecule has 0 radical (unpaired) electrons. The van der Waals surface area contributed by atoms with Crippen molar-refractivity contribution in [1.82, 2.24) is 4.98 Å².